The Bertz CT molecular complexity index is 1060. The van der Waals surface area contributed by atoms with Crippen molar-refractivity contribution >= 4 is 17.4 Å². The average Bonchev–Trinajstić information content (AvgIpc) is 3.40. The van der Waals surface area contributed by atoms with Gasteiger partial charge in [0.1, 0.15) is 11.5 Å². The molecule has 0 unspecified atom stereocenters. The van der Waals surface area contributed by atoms with Gasteiger partial charge in [-0.2, -0.15) is 0 Å². The predicted octanol–water partition coefficient (Wildman–Crippen LogP) is 4.59. The Labute approximate surface area is 194 Å². The number of Topliss-reactive ketones (excluding diaryl/α,β-unsaturated/α-hetero) is 1. The Kier molecular flexibility index (Phi) is 6.30. The van der Waals surface area contributed by atoms with Crippen LogP contribution in [0.15, 0.2) is 54.1 Å². The number of aliphatic hydroxyl groups excluding tert-OH is 1. The van der Waals surface area contributed by atoms with E-state index < -0.39 is 17.7 Å². The molecule has 2 aliphatic rings. The zero-order valence-corrected chi connectivity index (χ0v) is 19.6. The van der Waals surface area contributed by atoms with Crippen LogP contribution in [0.4, 0.5) is 0 Å². The van der Waals surface area contributed by atoms with E-state index in [4.69, 9.17) is 9.47 Å². The van der Waals surface area contributed by atoms with Gasteiger partial charge in [-0.1, -0.05) is 45.0 Å². The minimum absolute atomic E-state index is 0.0267. The molecule has 2 fully saturated rings. The highest BCUT2D eigenvalue weighted by Crippen LogP contribution is 2.40. The van der Waals surface area contributed by atoms with Crippen molar-refractivity contribution in [2.45, 2.75) is 51.2 Å². The Balaban J connectivity index is 1.80. The van der Waals surface area contributed by atoms with Crippen LogP contribution in [-0.4, -0.2) is 48.1 Å². The highest BCUT2D eigenvalue weighted by molar-refractivity contribution is 6.46. The van der Waals surface area contributed by atoms with E-state index in [-0.39, 0.29) is 22.9 Å². The largest absolute Gasteiger partial charge is 0.507 e. The van der Waals surface area contributed by atoms with Gasteiger partial charge in [0.25, 0.3) is 11.7 Å². The van der Waals surface area contributed by atoms with Gasteiger partial charge in [0.05, 0.1) is 24.8 Å². The fourth-order valence-electron chi connectivity index (χ4n) is 4.49. The SMILES string of the molecule is COc1ccc(C(O)=C2C(=O)C(=O)N(C[C@@H]3CCCO3)[C@@H]2c2ccc(C(C)(C)C)cc2)cc1. The van der Waals surface area contributed by atoms with Gasteiger partial charge < -0.3 is 19.5 Å². The highest BCUT2D eigenvalue weighted by atomic mass is 16.5. The maximum Gasteiger partial charge on any atom is 0.295 e. The zero-order chi connectivity index (χ0) is 23.8. The van der Waals surface area contributed by atoms with Crippen LogP contribution in [0.25, 0.3) is 5.76 Å². The summed E-state index contributed by atoms with van der Waals surface area (Å²) in [6.07, 6.45) is 1.67. The van der Waals surface area contributed by atoms with Crippen molar-refractivity contribution < 1.29 is 24.2 Å². The van der Waals surface area contributed by atoms with E-state index in [2.05, 4.69) is 20.8 Å². The standard InChI is InChI=1S/C27H31NO5/c1-27(2,3)19-11-7-17(8-12-19)23-22(24(29)18-9-13-20(32-4)14-10-18)25(30)26(31)28(23)16-21-6-5-15-33-21/h7-14,21,23,29H,5-6,15-16H2,1-4H3/t21-,23+/m0/s1. The molecule has 0 aliphatic carbocycles. The third-order valence-electron chi connectivity index (χ3n) is 6.42. The number of nitrogens with zero attached hydrogens (tertiary/aromatic N) is 1. The molecule has 1 N–H and O–H groups in total. The van der Waals surface area contributed by atoms with Crippen molar-refractivity contribution in [1.82, 2.24) is 4.90 Å². The smallest absolute Gasteiger partial charge is 0.295 e. The van der Waals surface area contributed by atoms with Crippen molar-refractivity contribution in [3.05, 3.63) is 70.8 Å². The molecule has 0 saturated carbocycles. The fourth-order valence-corrected chi connectivity index (χ4v) is 4.49. The average molecular weight is 450 g/mol. The minimum atomic E-state index is -0.676. The number of hydrogen-bond donors (Lipinski definition) is 1. The van der Waals surface area contributed by atoms with E-state index in [0.29, 0.717) is 24.5 Å². The van der Waals surface area contributed by atoms with Crippen molar-refractivity contribution in [2.24, 2.45) is 0 Å². The van der Waals surface area contributed by atoms with Crippen molar-refractivity contribution in [1.29, 1.82) is 0 Å². The van der Waals surface area contributed by atoms with Crippen LogP contribution in [-0.2, 0) is 19.7 Å². The first-order chi connectivity index (χ1) is 15.7. The number of aliphatic hydroxyl groups is 1. The molecule has 4 rings (SSSR count). The summed E-state index contributed by atoms with van der Waals surface area (Å²) in [5, 5.41) is 11.2. The minimum Gasteiger partial charge on any atom is -0.507 e. The number of ketones is 1. The van der Waals surface area contributed by atoms with Crippen LogP contribution in [0.2, 0.25) is 0 Å². The number of rotatable bonds is 5. The molecule has 2 atom stereocenters. The van der Waals surface area contributed by atoms with E-state index in [0.717, 1.165) is 24.0 Å². The first kappa shape index (κ1) is 23.1. The van der Waals surface area contributed by atoms with E-state index in [1.165, 1.54) is 0 Å². The van der Waals surface area contributed by atoms with Gasteiger partial charge in [-0.15, -0.1) is 0 Å². The Morgan fingerprint density at radius 3 is 2.30 bits per heavy atom. The van der Waals surface area contributed by atoms with E-state index >= 15 is 0 Å². The van der Waals surface area contributed by atoms with Gasteiger partial charge in [-0.05, 0) is 53.6 Å². The molecule has 6 nitrogen and oxygen atoms in total. The summed E-state index contributed by atoms with van der Waals surface area (Å²) in [5.74, 6) is -0.827. The lowest BCUT2D eigenvalue weighted by Gasteiger charge is -2.28. The molecule has 6 heteroatoms. The highest BCUT2D eigenvalue weighted by Gasteiger charge is 2.47. The summed E-state index contributed by atoms with van der Waals surface area (Å²) in [6.45, 7) is 7.38. The Morgan fingerprint density at radius 2 is 1.76 bits per heavy atom. The van der Waals surface area contributed by atoms with Crippen LogP contribution >= 0.6 is 0 Å². The lowest BCUT2D eigenvalue weighted by Crippen LogP contribution is -2.36. The predicted molar refractivity (Wildman–Crippen MR) is 126 cm³/mol. The molecule has 174 valence electrons. The third-order valence-corrected chi connectivity index (χ3v) is 6.42. The second kappa shape index (κ2) is 9.02. The topological polar surface area (TPSA) is 76.1 Å². The molecule has 1 amide bonds. The number of likely N-dealkylation sites (tertiary alicyclic amines) is 1. The van der Waals surface area contributed by atoms with Gasteiger partial charge in [0.15, 0.2) is 0 Å². The molecule has 2 aliphatic heterocycles. The van der Waals surface area contributed by atoms with Gasteiger partial charge in [0.2, 0.25) is 0 Å². The quantitative estimate of drug-likeness (QED) is 0.410. The first-order valence-electron chi connectivity index (χ1n) is 11.4. The molecular formula is C27H31NO5. The van der Waals surface area contributed by atoms with Crippen LogP contribution < -0.4 is 4.74 Å². The molecule has 2 aromatic rings. The molecule has 0 bridgehead atoms. The summed E-state index contributed by atoms with van der Waals surface area (Å²) in [4.78, 5) is 27.8. The number of benzene rings is 2. The maximum atomic E-state index is 13.2. The fraction of sp³-hybridized carbons (Fsp3) is 0.407. The van der Waals surface area contributed by atoms with Crippen LogP contribution in [0.3, 0.4) is 0 Å². The number of methoxy groups -OCH3 is 1. The second-order valence-corrected chi connectivity index (χ2v) is 9.69. The van der Waals surface area contributed by atoms with E-state index in [9.17, 15) is 14.7 Å². The summed E-state index contributed by atoms with van der Waals surface area (Å²) in [5.41, 5.74) is 2.47. The van der Waals surface area contributed by atoms with Gasteiger partial charge in [-0.3, -0.25) is 9.59 Å². The number of amides is 1. The summed E-state index contributed by atoms with van der Waals surface area (Å²) in [6, 6.07) is 14.1. The second-order valence-electron chi connectivity index (χ2n) is 9.69. The van der Waals surface area contributed by atoms with Crippen molar-refractivity contribution in [2.75, 3.05) is 20.3 Å². The number of hydrogen-bond acceptors (Lipinski definition) is 5. The Hall–Kier alpha value is -3.12. The van der Waals surface area contributed by atoms with Gasteiger partial charge in [-0.25, -0.2) is 0 Å². The van der Waals surface area contributed by atoms with Gasteiger partial charge in [0, 0.05) is 18.7 Å². The normalized spacial score (nSPS) is 22.7. The zero-order valence-electron chi connectivity index (χ0n) is 19.6. The van der Waals surface area contributed by atoms with Crippen molar-refractivity contribution in [3.8, 4) is 5.75 Å². The van der Waals surface area contributed by atoms with E-state index in [1.807, 2.05) is 24.3 Å². The number of carbonyl (C=O) groups excluding carboxylic acids is 2. The van der Waals surface area contributed by atoms with Crippen LogP contribution in [0.1, 0.15) is 56.3 Å². The van der Waals surface area contributed by atoms with Gasteiger partial charge >= 0.3 is 0 Å². The summed E-state index contributed by atoms with van der Waals surface area (Å²) < 4.78 is 10.9. The molecule has 2 aromatic carbocycles. The molecule has 2 heterocycles. The number of carbonyl (C=O) groups is 2. The first-order valence-corrected chi connectivity index (χ1v) is 11.4. The van der Waals surface area contributed by atoms with Crippen molar-refractivity contribution in [3.63, 3.8) is 0 Å². The van der Waals surface area contributed by atoms with E-state index in [1.54, 1.807) is 36.3 Å². The summed E-state index contributed by atoms with van der Waals surface area (Å²) in [7, 11) is 1.56. The van der Waals surface area contributed by atoms with Crippen LogP contribution in [0.5, 0.6) is 5.75 Å². The number of ether oxygens (including phenoxy) is 2. The molecular weight excluding hydrogens is 418 g/mol. The molecule has 0 spiro atoms. The Morgan fingerprint density at radius 1 is 1.09 bits per heavy atom. The summed E-state index contributed by atoms with van der Waals surface area (Å²) >= 11 is 0. The maximum absolute atomic E-state index is 13.2. The molecule has 0 aromatic heterocycles. The molecule has 33 heavy (non-hydrogen) atoms. The van der Waals surface area contributed by atoms with Crippen LogP contribution in [0, 0.1) is 0 Å². The third kappa shape index (κ3) is 4.53. The lowest BCUT2D eigenvalue weighted by molar-refractivity contribution is -0.140. The molecule has 2 saturated heterocycles. The molecule has 0 radical (unpaired) electrons. The lowest BCUT2D eigenvalue weighted by atomic mass is 9.85. The monoisotopic (exact) mass is 449 g/mol.